The number of fused-ring (bicyclic) bond motifs is 1. The highest BCUT2D eigenvalue weighted by molar-refractivity contribution is 6.42. The quantitative estimate of drug-likeness (QED) is 0.577. The standard InChI is InChI=1S/C22H20Cl2N4O2/c23-17-6-3-5-16(21(17)24)13-28-19(10-11-25-28)27-20(29)9-8-15-12-14-4-1-2-7-18(14)26-22(15)30/h1-7,10-11,15H,8-9,12-13H2,(H,26,30)(H,27,29). The van der Waals surface area contributed by atoms with Crippen molar-refractivity contribution >= 4 is 46.5 Å². The number of anilines is 2. The molecule has 1 aromatic heterocycles. The number of nitrogens with one attached hydrogen (secondary N) is 2. The van der Waals surface area contributed by atoms with Crippen molar-refractivity contribution in [3.63, 3.8) is 0 Å². The second kappa shape index (κ2) is 8.90. The molecular formula is C22H20Cl2N4O2. The molecule has 0 fully saturated rings. The van der Waals surface area contributed by atoms with Gasteiger partial charge in [-0.05, 0) is 36.1 Å². The Morgan fingerprint density at radius 1 is 1.17 bits per heavy atom. The third-order valence-electron chi connectivity index (χ3n) is 5.17. The van der Waals surface area contributed by atoms with Crippen LogP contribution >= 0.6 is 23.2 Å². The Balaban J connectivity index is 1.36. The maximum Gasteiger partial charge on any atom is 0.227 e. The number of benzene rings is 2. The van der Waals surface area contributed by atoms with Gasteiger partial charge in [0.15, 0.2) is 0 Å². The molecule has 8 heteroatoms. The number of carbonyl (C=O) groups is 2. The summed E-state index contributed by atoms with van der Waals surface area (Å²) in [6.45, 7) is 0.379. The third kappa shape index (κ3) is 4.50. The van der Waals surface area contributed by atoms with Crippen molar-refractivity contribution in [3.8, 4) is 0 Å². The van der Waals surface area contributed by atoms with E-state index >= 15 is 0 Å². The van der Waals surface area contributed by atoms with Gasteiger partial charge in [-0.1, -0.05) is 53.5 Å². The molecule has 30 heavy (non-hydrogen) atoms. The lowest BCUT2D eigenvalue weighted by molar-refractivity contribution is -0.121. The summed E-state index contributed by atoms with van der Waals surface area (Å²) >= 11 is 12.3. The van der Waals surface area contributed by atoms with Crippen LogP contribution in [0.1, 0.15) is 24.0 Å². The Bertz CT molecular complexity index is 1100. The van der Waals surface area contributed by atoms with E-state index in [2.05, 4.69) is 15.7 Å². The smallest absolute Gasteiger partial charge is 0.227 e. The van der Waals surface area contributed by atoms with Crippen LogP contribution in [0.5, 0.6) is 0 Å². The van der Waals surface area contributed by atoms with Crippen LogP contribution in [0.15, 0.2) is 54.7 Å². The minimum atomic E-state index is -0.221. The topological polar surface area (TPSA) is 76.0 Å². The Hall–Kier alpha value is -2.83. The van der Waals surface area contributed by atoms with Gasteiger partial charge in [-0.2, -0.15) is 5.10 Å². The fourth-order valence-electron chi connectivity index (χ4n) is 3.55. The number of para-hydroxylation sites is 1. The summed E-state index contributed by atoms with van der Waals surface area (Å²) in [4.78, 5) is 24.8. The highest BCUT2D eigenvalue weighted by Gasteiger charge is 2.26. The first-order chi connectivity index (χ1) is 14.5. The van der Waals surface area contributed by atoms with Crippen molar-refractivity contribution in [1.29, 1.82) is 0 Å². The van der Waals surface area contributed by atoms with Gasteiger partial charge < -0.3 is 10.6 Å². The monoisotopic (exact) mass is 442 g/mol. The third-order valence-corrected chi connectivity index (χ3v) is 6.03. The van der Waals surface area contributed by atoms with Gasteiger partial charge in [0.2, 0.25) is 11.8 Å². The molecule has 1 unspecified atom stereocenters. The molecule has 0 aliphatic carbocycles. The zero-order chi connectivity index (χ0) is 21.1. The van der Waals surface area contributed by atoms with Gasteiger partial charge >= 0.3 is 0 Å². The molecule has 2 aromatic carbocycles. The molecule has 2 heterocycles. The van der Waals surface area contributed by atoms with Gasteiger partial charge in [-0.15, -0.1) is 0 Å². The largest absolute Gasteiger partial charge is 0.326 e. The Morgan fingerprint density at radius 2 is 2.00 bits per heavy atom. The molecule has 1 atom stereocenters. The van der Waals surface area contributed by atoms with Gasteiger partial charge in [-0.3, -0.25) is 9.59 Å². The molecule has 3 aromatic rings. The zero-order valence-corrected chi connectivity index (χ0v) is 17.6. The van der Waals surface area contributed by atoms with Crippen molar-refractivity contribution in [2.24, 2.45) is 5.92 Å². The van der Waals surface area contributed by atoms with Gasteiger partial charge in [0.05, 0.1) is 22.8 Å². The van der Waals surface area contributed by atoms with E-state index < -0.39 is 0 Å². The van der Waals surface area contributed by atoms with Crippen molar-refractivity contribution in [2.75, 3.05) is 10.6 Å². The van der Waals surface area contributed by atoms with E-state index in [-0.39, 0.29) is 24.2 Å². The van der Waals surface area contributed by atoms with Crippen LogP contribution in [0, 0.1) is 5.92 Å². The summed E-state index contributed by atoms with van der Waals surface area (Å²) < 4.78 is 1.65. The number of carbonyl (C=O) groups excluding carboxylic acids is 2. The molecule has 1 aliphatic rings. The van der Waals surface area contributed by atoms with Crippen LogP contribution in [0.25, 0.3) is 0 Å². The van der Waals surface area contributed by atoms with Gasteiger partial charge in [0.25, 0.3) is 0 Å². The summed E-state index contributed by atoms with van der Waals surface area (Å²) in [5.74, 6) is 0.137. The molecule has 4 rings (SSSR count). The average Bonchev–Trinajstić information content (AvgIpc) is 3.16. The summed E-state index contributed by atoms with van der Waals surface area (Å²) in [7, 11) is 0. The molecule has 0 bridgehead atoms. The number of nitrogens with zero attached hydrogens (tertiary/aromatic N) is 2. The lowest BCUT2D eigenvalue weighted by atomic mass is 9.89. The van der Waals surface area contributed by atoms with Crippen LogP contribution in [0.3, 0.4) is 0 Å². The van der Waals surface area contributed by atoms with Crippen LogP contribution in [-0.2, 0) is 22.6 Å². The van der Waals surface area contributed by atoms with Crippen molar-refractivity contribution < 1.29 is 9.59 Å². The normalized spacial score (nSPS) is 15.4. The predicted molar refractivity (Wildman–Crippen MR) is 118 cm³/mol. The maximum absolute atomic E-state index is 12.5. The Labute approximate surface area is 184 Å². The van der Waals surface area contributed by atoms with Crippen LogP contribution in [-0.4, -0.2) is 21.6 Å². The van der Waals surface area contributed by atoms with Gasteiger partial charge in [0, 0.05) is 24.1 Å². The number of rotatable bonds is 6. The summed E-state index contributed by atoms with van der Waals surface area (Å²) in [6.07, 6.45) is 2.96. The Morgan fingerprint density at radius 3 is 2.87 bits per heavy atom. The van der Waals surface area contributed by atoms with Gasteiger partial charge in [0.1, 0.15) is 5.82 Å². The number of hydrogen-bond donors (Lipinski definition) is 2. The lowest BCUT2D eigenvalue weighted by Crippen LogP contribution is -2.30. The Kier molecular flexibility index (Phi) is 6.06. The first-order valence-corrected chi connectivity index (χ1v) is 10.4. The summed E-state index contributed by atoms with van der Waals surface area (Å²) in [5.41, 5.74) is 2.76. The number of halogens is 2. The van der Waals surface area contributed by atoms with Crippen LogP contribution < -0.4 is 10.6 Å². The molecule has 1 aliphatic heterocycles. The number of amides is 2. The second-order valence-corrected chi connectivity index (χ2v) is 8.01. The first kappa shape index (κ1) is 20.4. The zero-order valence-electron chi connectivity index (χ0n) is 16.1. The molecular weight excluding hydrogens is 423 g/mol. The molecule has 154 valence electrons. The van der Waals surface area contributed by atoms with E-state index in [0.29, 0.717) is 35.2 Å². The average molecular weight is 443 g/mol. The molecule has 0 saturated carbocycles. The summed E-state index contributed by atoms with van der Waals surface area (Å²) in [6, 6.07) is 14.9. The molecule has 0 saturated heterocycles. The van der Waals surface area contributed by atoms with Crippen LogP contribution in [0.4, 0.5) is 11.5 Å². The maximum atomic E-state index is 12.5. The molecule has 2 amide bonds. The first-order valence-electron chi connectivity index (χ1n) is 9.64. The van der Waals surface area contributed by atoms with E-state index in [9.17, 15) is 9.59 Å². The van der Waals surface area contributed by atoms with Gasteiger partial charge in [-0.25, -0.2) is 4.68 Å². The predicted octanol–water partition coefficient (Wildman–Crippen LogP) is 4.77. The minimum absolute atomic E-state index is 0.0397. The van der Waals surface area contributed by atoms with E-state index in [0.717, 1.165) is 16.8 Å². The molecule has 0 spiro atoms. The molecule has 0 radical (unpaired) electrons. The van der Waals surface area contributed by atoms with Crippen LogP contribution in [0.2, 0.25) is 10.0 Å². The van der Waals surface area contributed by atoms with E-state index in [1.54, 1.807) is 23.0 Å². The van der Waals surface area contributed by atoms with Crippen molar-refractivity contribution in [1.82, 2.24) is 9.78 Å². The molecule has 2 N–H and O–H groups in total. The van der Waals surface area contributed by atoms with E-state index in [1.165, 1.54) is 0 Å². The highest BCUT2D eigenvalue weighted by atomic mass is 35.5. The highest BCUT2D eigenvalue weighted by Crippen LogP contribution is 2.28. The minimum Gasteiger partial charge on any atom is -0.326 e. The SMILES string of the molecule is O=C(CCC1Cc2ccccc2NC1=O)Nc1ccnn1Cc1cccc(Cl)c1Cl. The van der Waals surface area contributed by atoms with Crippen molar-refractivity contribution in [3.05, 3.63) is 75.9 Å². The van der Waals surface area contributed by atoms with E-state index in [4.69, 9.17) is 23.2 Å². The fourth-order valence-corrected chi connectivity index (χ4v) is 3.93. The molecule has 6 nitrogen and oxygen atoms in total. The fraction of sp³-hybridized carbons (Fsp3) is 0.227. The number of hydrogen-bond acceptors (Lipinski definition) is 3. The second-order valence-electron chi connectivity index (χ2n) is 7.22. The van der Waals surface area contributed by atoms with Crippen molar-refractivity contribution in [2.45, 2.75) is 25.8 Å². The van der Waals surface area contributed by atoms with E-state index in [1.807, 2.05) is 36.4 Å². The lowest BCUT2D eigenvalue weighted by Gasteiger charge is -2.24. The number of aromatic nitrogens is 2. The summed E-state index contributed by atoms with van der Waals surface area (Å²) in [5, 5.41) is 11.0.